The highest BCUT2D eigenvalue weighted by atomic mass is 35.5. The van der Waals surface area contributed by atoms with Crippen molar-refractivity contribution >= 4 is 27.4 Å². The molecule has 1 saturated heterocycles. The van der Waals surface area contributed by atoms with Gasteiger partial charge in [0.15, 0.2) is 15.6 Å². The third kappa shape index (κ3) is 6.07. The summed E-state index contributed by atoms with van der Waals surface area (Å²) in [6, 6.07) is 25.0. The molecule has 1 saturated carbocycles. The summed E-state index contributed by atoms with van der Waals surface area (Å²) >= 11 is 6.33. The van der Waals surface area contributed by atoms with Gasteiger partial charge in [0.2, 0.25) is 0 Å². The highest BCUT2D eigenvalue weighted by Gasteiger charge is 2.53. The maximum atomic E-state index is 13.1. The van der Waals surface area contributed by atoms with Crippen LogP contribution in [0, 0.1) is 5.92 Å². The summed E-state index contributed by atoms with van der Waals surface area (Å²) in [5, 5.41) is 0.103. The van der Waals surface area contributed by atoms with Gasteiger partial charge in [-0.3, -0.25) is 4.79 Å². The molecule has 6 nitrogen and oxygen atoms in total. The zero-order chi connectivity index (χ0) is 27.6. The minimum absolute atomic E-state index is 0.0435. The maximum absolute atomic E-state index is 13.1. The lowest BCUT2D eigenvalue weighted by Gasteiger charge is -2.24. The van der Waals surface area contributed by atoms with Gasteiger partial charge in [-0.2, -0.15) is 0 Å². The third-order valence-corrected chi connectivity index (χ3v) is 9.23. The van der Waals surface area contributed by atoms with E-state index < -0.39 is 21.5 Å². The summed E-state index contributed by atoms with van der Waals surface area (Å²) in [5.41, 5.74) is 2.78. The van der Waals surface area contributed by atoms with E-state index in [9.17, 15) is 13.2 Å². The van der Waals surface area contributed by atoms with E-state index >= 15 is 0 Å². The summed E-state index contributed by atoms with van der Waals surface area (Å²) in [6.45, 7) is 2.02. The predicted molar refractivity (Wildman–Crippen MR) is 149 cm³/mol. The first-order valence-electron chi connectivity index (χ1n) is 13.3. The SMILES string of the molecule is CCOC(=O)C(C[C@H]1CCC2(C1)O[C@H](c1ccccc1)[C@@H](c1ccccc1)O2)c1ccc(S(C)(=O)=O)c(Cl)c1. The Morgan fingerprint density at radius 1 is 1.00 bits per heavy atom. The van der Waals surface area contributed by atoms with Crippen LogP contribution in [-0.2, 0) is 28.8 Å². The number of hydrogen-bond donors (Lipinski definition) is 0. The number of ether oxygens (including phenoxy) is 3. The molecule has 5 rings (SSSR count). The Kier molecular flexibility index (Phi) is 8.15. The van der Waals surface area contributed by atoms with Gasteiger partial charge in [-0.1, -0.05) is 78.3 Å². The zero-order valence-electron chi connectivity index (χ0n) is 22.1. The molecule has 0 amide bonds. The number of carbonyl (C=O) groups is 1. The fraction of sp³-hybridized carbons (Fsp3) is 0.387. The van der Waals surface area contributed by atoms with Crippen molar-refractivity contribution in [3.8, 4) is 0 Å². The second-order valence-corrected chi connectivity index (χ2v) is 12.8. The van der Waals surface area contributed by atoms with Crippen LogP contribution in [0.1, 0.15) is 67.4 Å². The average molecular weight is 569 g/mol. The van der Waals surface area contributed by atoms with Crippen LogP contribution in [0.2, 0.25) is 5.02 Å². The molecule has 2 aliphatic rings. The van der Waals surface area contributed by atoms with Gasteiger partial charge in [0.05, 0.1) is 22.4 Å². The summed E-state index contributed by atoms with van der Waals surface area (Å²) in [7, 11) is -3.48. The number of sulfone groups is 1. The van der Waals surface area contributed by atoms with Gasteiger partial charge >= 0.3 is 5.97 Å². The van der Waals surface area contributed by atoms with E-state index in [-0.39, 0.29) is 40.6 Å². The van der Waals surface area contributed by atoms with E-state index in [4.69, 9.17) is 25.8 Å². The van der Waals surface area contributed by atoms with E-state index in [1.807, 2.05) is 36.4 Å². The molecule has 0 aromatic heterocycles. The van der Waals surface area contributed by atoms with E-state index in [0.717, 1.165) is 23.8 Å². The largest absolute Gasteiger partial charge is 0.466 e. The topological polar surface area (TPSA) is 78.9 Å². The van der Waals surface area contributed by atoms with Crippen LogP contribution >= 0.6 is 11.6 Å². The van der Waals surface area contributed by atoms with E-state index in [0.29, 0.717) is 24.8 Å². The second kappa shape index (κ2) is 11.4. The molecule has 3 aromatic carbocycles. The first kappa shape index (κ1) is 27.8. The normalized spacial score (nSPS) is 23.1. The molecule has 0 bridgehead atoms. The molecule has 1 spiro atoms. The molecule has 39 heavy (non-hydrogen) atoms. The molecule has 1 heterocycles. The summed E-state index contributed by atoms with van der Waals surface area (Å²) in [5.74, 6) is -1.53. The van der Waals surface area contributed by atoms with Gasteiger partial charge in [-0.15, -0.1) is 0 Å². The lowest BCUT2D eigenvalue weighted by molar-refractivity contribution is -0.173. The quantitative estimate of drug-likeness (QED) is 0.278. The number of carbonyl (C=O) groups excluding carboxylic acids is 1. The molecule has 0 N–H and O–H groups in total. The van der Waals surface area contributed by atoms with Crippen molar-refractivity contribution in [2.24, 2.45) is 5.92 Å². The molecule has 4 atom stereocenters. The first-order chi connectivity index (χ1) is 18.7. The van der Waals surface area contributed by atoms with Crippen molar-refractivity contribution in [3.05, 3.63) is 101 Å². The van der Waals surface area contributed by atoms with Crippen LogP contribution in [0.15, 0.2) is 83.8 Å². The monoisotopic (exact) mass is 568 g/mol. The smallest absolute Gasteiger partial charge is 0.313 e. The number of rotatable bonds is 8. The predicted octanol–water partition coefficient (Wildman–Crippen LogP) is 6.81. The van der Waals surface area contributed by atoms with Gasteiger partial charge in [-0.05, 0) is 54.5 Å². The molecule has 1 aliphatic carbocycles. The number of benzene rings is 3. The highest BCUT2D eigenvalue weighted by molar-refractivity contribution is 7.90. The molecule has 3 aromatic rings. The Hall–Kier alpha value is -2.71. The van der Waals surface area contributed by atoms with Gasteiger partial charge in [0, 0.05) is 19.1 Å². The molecular weight excluding hydrogens is 536 g/mol. The van der Waals surface area contributed by atoms with Gasteiger partial charge in [0.1, 0.15) is 12.2 Å². The zero-order valence-corrected chi connectivity index (χ0v) is 23.7. The molecule has 2 fully saturated rings. The van der Waals surface area contributed by atoms with Gasteiger partial charge in [0.25, 0.3) is 0 Å². The standard InChI is InChI=1S/C31H33ClO6S/c1-3-36-30(33)25(24-14-15-27(26(32)19-24)39(2,34)35)18-21-16-17-31(20-21)37-28(22-10-6-4-7-11-22)29(38-31)23-12-8-5-9-13-23/h4-15,19,21,25,28-29H,3,16-18,20H2,1-2H3/t21-,25?,28-,29-/m1/s1. The fourth-order valence-corrected chi connectivity index (χ4v) is 7.19. The molecule has 0 radical (unpaired) electrons. The number of hydrogen-bond acceptors (Lipinski definition) is 6. The third-order valence-electron chi connectivity index (χ3n) is 7.65. The molecule has 1 unspecified atom stereocenters. The lowest BCUT2D eigenvalue weighted by Crippen LogP contribution is -2.27. The second-order valence-electron chi connectivity index (χ2n) is 10.4. The Balaban J connectivity index is 1.38. The Labute approximate surface area is 235 Å². The Morgan fingerprint density at radius 3 is 2.10 bits per heavy atom. The Bertz CT molecular complexity index is 1360. The van der Waals surface area contributed by atoms with Crippen LogP contribution in [0.25, 0.3) is 0 Å². The Morgan fingerprint density at radius 2 is 1.59 bits per heavy atom. The van der Waals surface area contributed by atoms with Crippen molar-refractivity contribution in [2.75, 3.05) is 12.9 Å². The molecule has 206 valence electrons. The number of esters is 1. The molecular formula is C31H33ClO6S. The summed E-state index contributed by atoms with van der Waals surface area (Å²) in [6.07, 6.45) is 3.34. The highest BCUT2D eigenvalue weighted by Crippen LogP contribution is 2.55. The summed E-state index contributed by atoms with van der Waals surface area (Å²) < 4.78 is 43.0. The van der Waals surface area contributed by atoms with E-state index in [1.54, 1.807) is 19.1 Å². The minimum Gasteiger partial charge on any atom is -0.466 e. The van der Waals surface area contributed by atoms with Crippen LogP contribution in [-0.4, -0.2) is 33.0 Å². The minimum atomic E-state index is -3.48. The van der Waals surface area contributed by atoms with Crippen LogP contribution in [0.5, 0.6) is 0 Å². The average Bonchev–Trinajstić information content (AvgIpc) is 3.50. The van der Waals surface area contributed by atoms with Crippen LogP contribution in [0.4, 0.5) is 0 Å². The first-order valence-corrected chi connectivity index (χ1v) is 15.6. The van der Waals surface area contributed by atoms with Gasteiger partial charge in [-0.25, -0.2) is 8.42 Å². The van der Waals surface area contributed by atoms with Crippen molar-refractivity contribution in [3.63, 3.8) is 0 Å². The van der Waals surface area contributed by atoms with Crippen molar-refractivity contribution in [1.29, 1.82) is 0 Å². The van der Waals surface area contributed by atoms with Crippen LogP contribution in [0.3, 0.4) is 0 Å². The number of halogens is 1. The summed E-state index contributed by atoms with van der Waals surface area (Å²) in [4.78, 5) is 13.1. The van der Waals surface area contributed by atoms with Crippen molar-refractivity contribution in [2.45, 2.75) is 61.4 Å². The molecule has 8 heteroatoms. The van der Waals surface area contributed by atoms with E-state index in [1.165, 1.54) is 6.07 Å². The lowest BCUT2D eigenvalue weighted by atomic mass is 9.87. The van der Waals surface area contributed by atoms with Crippen molar-refractivity contribution < 1.29 is 27.4 Å². The molecule has 1 aliphatic heterocycles. The van der Waals surface area contributed by atoms with E-state index in [2.05, 4.69) is 24.3 Å². The van der Waals surface area contributed by atoms with Crippen LogP contribution < -0.4 is 0 Å². The maximum Gasteiger partial charge on any atom is 0.313 e. The fourth-order valence-electron chi connectivity index (χ4n) is 5.85. The van der Waals surface area contributed by atoms with Gasteiger partial charge < -0.3 is 14.2 Å². The van der Waals surface area contributed by atoms with Crippen molar-refractivity contribution in [1.82, 2.24) is 0 Å².